The quantitative estimate of drug-likeness (QED) is 0.525. The Bertz CT molecular complexity index is 1100. The highest BCUT2D eigenvalue weighted by Gasteiger charge is 2.22. The van der Waals surface area contributed by atoms with Crippen molar-refractivity contribution in [2.45, 2.75) is 13.0 Å². The molecule has 5 nitrogen and oxygen atoms in total. The average molecular weight is 437 g/mol. The van der Waals surface area contributed by atoms with Gasteiger partial charge in [0.25, 0.3) is 0 Å². The zero-order valence-corrected chi connectivity index (χ0v) is 18.7. The predicted molar refractivity (Wildman–Crippen MR) is 125 cm³/mol. The lowest BCUT2D eigenvalue weighted by atomic mass is 9.93. The van der Waals surface area contributed by atoms with Gasteiger partial charge in [-0.05, 0) is 49.0 Å². The topological polar surface area (TPSA) is 58.6 Å². The van der Waals surface area contributed by atoms with Crippen molar-refractivity contribution < 1.29 is 14.3 Å². The van der Waals surface area contributed by atoms with E-state index in [4.69, 9.17) is 16.3 Å². The van der Waals surface area contributed by atoms with E-state index < -0.39 is 5.97 Å². The Labute approximate surface area is 187 Å². The molecule has 160 valence electrons. The highest BCUT2D eigenvalue weighted by Crippen LogP contribution is 2.39. The first kappa shape index (κ1) is 22.5. The lowest BCUT2D eigenvalue weighted by molar-refractivity contribution is -0.114. The molecule has 0 aromatic heterocycles. The van der Waals surface area contributed by atoms with Crippen LogP contribution >= 0.6 is 11.6 Å². The fraction of sp³-hybridized carbons (Fsp3) is 0.200. The number of amides is 1. The van der Waals surface area contributed by atoms with Gasteiger partial charge in [-0.1, -0.05) is 60.1 Å². The molecule has 1 atom stereocenters. The van der Waals surface area contributed by atoms with Crippen molar-refractivity contribution in [1.82, 2.24) is 4.90 Å². The normalized spacial score (nSPS) is 11.8. The number of anilines is 1. The van der Waals surface area contributed by atoms with Gasteiger partial charge in [-0.2, -0.15) is 0 Å². The third kappa shape index (κ3) is 4.95. The number of rotatable bonds is 6. The van der Waals surface area contributed by atoms with Gasteiger partial charge in [0.1, 0.15) is 0 Å². The summed E-state index contributed by atoms with van der Waals surface area (Å²) in [6.07, 6.45) is 0. The summed E-state index contributed by atoms with van der Waals surface area (Å²) in [5.74, 6) is -0.853. The van der Waals surface area contributed by atoms with Crippen LogP contribution in [0, 0.1) is 0 Å². The van der Waals surface area contributed by atoms with E-state index in [0.717, 1.165) is 16.7 Å². The summed E-state index contributed by atoms with van der Waals surface area (Å²) in [4.78, 5) is 26.4. The van der Waals surface area contributed by atoms with E-state index in [1.807, 2.05) is 50.5 Å². The second-order valence-corrected chi connectivity index (χ2v) is 7.83. The van der Waals surface area contributed by atoms with Gasteiger partial charge in [0.2, 0.25) is 5.91 Å². The molecule has 3 rings (SSSR count). The molecule has 0 radical (unpaired) electrons. The van der Waals surface area contributed by atoms with Gasteiger partial charge in [0.05, 0.1) is 29.4 Å². The van der Waals surface area contributed by atoms with Crippen LogP contribution in [-0.2, 0) is 9.53 Å². The fourth-order valence-corrected chi connectivity index (χ4v) is 4.00. The van der Waals surface area contributed by atoms with Gasteiger partial charge in [0.15, 0.2) is 0 Å². The monoisotopic (exact) mass is 436 g/mol. The highest BCUT2D eigenvalue weighted by molar-refractivity contribution is 6.34. The van der Waals surface area contributed by atoms with E-state index in [-0.39, 0.29) is 17.5 Å². The van der Waals surface area contributed by atoms with Crippen molar-refractivity contribution in [2.24, 2.45) is 0 Å². The molecule has 0 saturated heterocycles. The zero-order valence-electron chi connectivity index (χ0n) is 18.0. The number of esters is 1. The first-order valence-electron chi connectivity index (χ1n) is 9.83. The van der Waals surface area contributed by atoms with Gasteiger partial charge < -0.3 is 10.1 Å². The minimum atomic E-state index is -0.548. The fourth-order valence-electron chi connectivity index (χ4n) is 3.73. The van der Waals surface area contributed by atoms with E-state index in [1.165, 1.54) is 14.0 Å². The minimum absolute atomic E-state index is 0.0212. The number of ether oxygens (including phenoxy) is 1. The molecule has 0 heterocycles. The van der Waals surface area contributed by atoms with E-state index in [0.29, 0.717) is 16.3 Å². The molecule has 3 aromatic carbocycles. The standard InChI is InChI=1S/C25H25ClN2O3/c1-16(29)27-23-20(25(30)31-4)13-14-21(26)22(23)18-11-8-12-19(15-18)24(28(2)3)17-9-6-5-7-10-17/h5-15,24H,1-4H3,(H,27,29). The molecule has 0 fully saturated rings. The molecule has 0 bridgehead atoms. The number of carbonyl (C=O) groups is 2. The molecule has 0 aliphatic rings. The van der Waals surface area contributed by atoms with Crippen LogP contribution in [0.3, 0.4) is 0 Å². The molecule has 3 aromatic rings. The Morgan fingerprint density at radius 3 is 2.26 bits per heavy atom. The minimum Gasteiger partial charge on any atom is -0.465 e. The van der Waals surface area contributed by atoms with Crippen LogP contribution in [0.25, 0.3) is 11.1 Å². The summed E-state index contributed by atoms with van der Waals surface area (Å²) in [6, 6.07) is 21.4. The smallest absolute Gasteiger partial charge is 0.339 e. The first-order valence-corrected chi connectivity index (χ1v) is 10.2. The van der Waals surface area contributed by atoms with Crippen LogP contribution in [-0.4, -0.2) is 38.0 Å². The lowest BCUT2D eigenvalue weighted by Crippen LogP contribution is -2.21. The van der Waals surface area contributed by atoms with E-state index in [2.05, 4.69) is 28.4 Å². The molecule has 6 heteroatoms. The van der Waals surface area contributed by atoms with Crippen molar-refractivity contribution in [3.8, 4) is 11.1 Å². The van der Waals surface area contributed by atoms with Gasteiger partial charge in [-0.3, -0.25) is 9.69 Å². The second kappa shape index (κ2) is 9.77. The van der Waals surface area contributed by atoms with Crippen LogP contribution in [0.2, 0.25) is 5.02 Å². The number of nitrogens with zero attached hydrogens (tertiary/aromatic N) is 1. The van der Waals surface area contributed by atoms with Gasteiger partial charge in [-0.25, -0.2) is 4.79 Å². The molecule has 0 aliphatic carbocycles. The van der Waals surface area contributed by atoms with Gasteiger partial charge in [-0.15, -0.1) is 0 Å². The molecule has 0 aliphatic heterocycles. The van der Waals surface area contributed by atoms with Crippen molar-refractivity contribution >= 4 is 29.2 Å². The van der Waals surface area contributed by atoms with Gasteiger partial charge in [0, 0.05) is 12.5 Å². The first-order chi connectivity index (χ1) is 14.8. The largest absolute Gasteiger partial charge is 0.465 e. The Morgan fingerprint density at radius 2 is 1.65 bits per heavy atom. The Morgan fingerprint density at radius 1 is 0.968 bits per heavy atom. The maximum Gasteiger partial charge on any atom is 0.339 e. The van der Waals surface area contributed by atoms with E-state index in [1.54, 1.807) is 12.1 Å². The molecular weight excluding hydrogens is 412 g/mol. The molecule has 1 N–H and O–H groups in total. The summed E-state index contributed by atoms with van der Waals surface area (Å²) in [5, 5.41) is 3.19. The Kier molecular flexibility index (Phi) is 7.10. The maximum atomic E-state index is 12.3. The summed E-state index contributed by atoms with van der Waals surface area (Å²) >= 11 is 6.56. The highest BCUT2D eigenvalue weighted by atomic mass is 35.5. The van der Waals surface area contributed by atoms with Gasteiger partial charge >= 0.3 is 5.97 Å². The summed E-state index contributed by atoms with van der Waals surface area (Å²) in [6.45, 7) is 1.39. The predicted octanol–water partition coefficient (Wildman–Crippen LogP) is 5.40. The molecule has 0 saturated carbocycles. The molecule has 1 amide bonds. The van der Waals surface area contributed by atoms with Crippen molar-refractivity contribution in [3.05, 3.63) is 88.4 Å². The number of benzene rings is 3. The third-order valence-corrected chi connectivity index (χ3v) is 5.30. The SMILES string of the molecule is COC(=O)c1ccc(Cl)c(-c2cccc(C(c3ccccc3)N(C)C)c2)c1NC(C)=O. The number of hydrogen-bond donors (Lipinski definition) is 1. The number of hydrogen-bond acceptors (Lipinski definition) is 4. The number of halogens is 1. The Hall–Kier alpha value is -3.15. The van der Waals surface area contributed by atoms with Crippen molar-refractivity contribution in [3.63, 3.8) is 0 Å². The summed E-state index contributed by atoms with van der Waals surface area (Å²) in [5.41, 5.74) is 4.16. The van der Waals surface area contributed by atoms with Crippen LogP contribution in [0.4, 0.5) is 5.69 Å². The molecular formula is C25H25ClN2O3. The van der Waals surface area contributed by atoms with Crippen molar-refractivity contribution in [1.29, 1.82) is 0 Å². The second-order valence-electron chi connectivity index (χ2n) is 7.42. The molecule has 0 spiro atoms. The van der Waals surface area contributed by atoms with E-state index in [9.17, 15) is 9.59 Å². The number of methoxy groups -OCH3 is 1. The van der Waals surface area contributed by atoms with Crippen LogP contribution in [0.1, 0.15) is 34.5 Å². The lowest BCUT2D eigenvalue weighted by Gasteiger charge is -2.26. The summed E-state index contributed by atoms with van der Waals surface area (Å²) < 4.78 is 4.90. The van der Waals surface area contributed by atoms with Crippen molar-refractivity contribution in [2.75, 3.05) is 26.5 Å². The molecule has 31 heavy (non-hydrogen) atoms. The van der Waals surface area contributed by atoms with E-state index >= 15 is 0 Å². The van der Waals surface area contributed by atoms with Crippen LogP contribution in [0.5, 0.6) is 0 Å². The number of carbonyl (C=O) groups excluding carboxylic acids is 2. The number of nitrogens with one attached hydrogen (secondary N) is 1. The van der Waals surface area contributed by atoms with Crippen LogP contribution in [0.15, 0.2) is 66.7 Å². The average Bonchev–Trinajstić information content (AvgIpc) is 2.74. The third-order valence-electron chi connectivity index (χ3n) is 4.98. The maximum absolute atomic E-state index is 12.3. The summed E-state index contributed by atoms with van der Waals surface area (Å²) in [7, 11) is 5.35. The molecule has 1 unspecified atom stereocenters. The van der Waals surface area contributed by atoms with Crippen LogP contribution < -0.4 is 5.32 Å². The zero-order chi connectivity index (χ0) is 22.5. The Balaban J connectivity index is 2.20.